The molecular weight excluding hydrogens is 195 g/mol. The highest BCUT2D eigenvalue weighted by Gasteiger charge is 2.09. The summed E-state index contributed by atoms with van der Waals surface area (Å²) < 4.78 is 33.1. The van der Waals surface area contributed by atoms with Crippen molar-refractivity contribution in [1.82, 2.24) is 0 Å². The van der Waals surface area contributed by atoms with Crippen LogP contribution in [0.25, 0.3) is 0 Å². The molecule has 1 rings (SSSR count). The van der Waals surface area contributed by atoms with Gasteiger partial charge in [-0.1, -0.05) is 12.1 Å². The normalized spacial score (nSPS) is 12.1. The molecule has 0 atom stereocenters. The first-order valence-corrected chi connectivity index (χ1v) is 4.70. The summed E-state index contributed by atoms with van der Waals surface area (Å²) in [5.74, 6) is 4.86. The number of hydrazone groups is 1. The molecule has 70 valence electrons. The average molecular weight is 202 g/mol. The molecule has 4 nitrogen and oxygen atoms in total. The summed E-state index contributed by atoms with van der Waals surface area (Å²) in [5.41, 5.74) is 0.606. The van der Waals surface area contributed by atoms with Crippen LogP contribution < -0.4 is 5.84 Å². The molecule has 1 aromatic carbocycles. The van der Waals surface area contributed by atoms with Crippen LogP contribution in [0.1, 0.15) is 5.56 Å². The molecule has 0 saturated carbocycles. The fourth-order valence-corrected chi connectivity index (χ4v) is 1.26. The Morgan fingerprint density at radius 2 is 1.85 bits per heavy atom. The predicted octanol–water partition coefficient (Wildman–Crippen LogP) is 0.637. The zero-order valence-electron chi connectivity index (χ0n) is 6.51. The van der Waals surface area contributed by atoms with Crippen molar-refractivity contribution in [3.05, 3.63) is 29.8 Å². The van der Waals surface area contributed by atoms with Crippen LogP contribution in [0.4, 0.5) is 3.89 Å². The first-order chi connectivity index (χ1) is 6.04. The van der Waals surface area contributed by atoms with E-state index >= 15 is 0 Å². The van der Waals surface area contributed by atoms with E-state index in [9.17, 15) is 12.3 Å². The summed E-state index contributed by atoms with van der Waals surface area (Å²) in [6, 6.07) is 5.10. The second kappa shape index (κ2) is 3.53. The molecule has 0 bridgehead atoms. The highest BCUT2D eigenvalue weighted by atomic mass is 32.3. The molecule has 13 heavy (non-hydrogen) atoms. The van der Waals surface area contributed by atoms with Crippen LogP contribution in [0.5, 0.6) is 0 Å². The van der Waals surface area contributed by atoms with Crippen LogP contribution in [0, 0.1) is 0 Å². The second-order valence-corrected chi connectivity index (χ2v) is 3.63. The molecule has 0 aliphatic carbocycles. The molecule has 0 heterocycles. The number of rotatable bonds is 2. The van der Waals surface area contributed by atoms with Crippen molar-refractivity contribution in [3.63, 3.8) is 0 Å². The van der Waals surface area contributed by atoms with E-state index in [1.54, 1.807) is 0 Å². The molecule has 0 spiro atoms. The molecule has 0 saturated heterocycles. The zero-order chi connectivity index (χ0) is 9.90. The SMILES string of the molecule is NN=Cc1ccc(S(=O)(=O)F)cc1. The van der Waals surface area contributed by atoms with Gasteiger partial charge < -0.3 is 5.84 Å². The lowest BCUT2D eigenvalue weighted by Gasteiger charge is -1.94. The van der Waals surface area contributed by atoms with Crippen LogP contribution in [0.2, 0.25) is 0 Å². The summed E-state index contributed by atoms with van der Waals surface area (Å²) >= 11 is 0. The minimum atomic E-state index is -4.61. The number of hydrogen-bond acceptors (Lipinski definition) is 4. The topological polar surface area (TPSA) is 72.5 Å². The highest BCUT2D eigenvalue weighted by molar-refractivity contribution is 7.86. The van der Waals surface area contributed by atoms with Crippen molar-refractivity contribution in [2.24, 2.45) is 10.9 Å². The first-order valence-electron chi connectivity index (χ1n) is 3.32. The molecule has 0 aliphatic heterocycles. The van der Waals surface area contributed by atoms with Gasteiger partial charge in [0.1, 0.15) is 0 Å². The largest absolute Gasteiger partial charge is 0.332 e. The molecule has 0 fully saturated rings. The van der Waals surface area contributed by atoms with Gasteiger partial charge in [0, 0.05) is 0 Å². The maximum absolute atomic E-state index is 12.4. The van der Waals surface area contributed by atoms with Crippen molar-refractivity contribution < 1.29 is 12.3 Å². The van der Waals surface area contributed by atoms with Crippen molar-refractivity contribution in [3.8, 4) is 0 Å². The van der Waals surface area contributed by atoms with Gasteiger partial charge in [0.2, 0.25) is 0 Å². The number of halogens is 1. The third-order valence-electron chi connectivity index (χ3n) is 1.39. The standard InChI is InChI=1S/C7H7FN2O2S/c8-13(11,12)7-3-1-6(2-4-7)5-10-9/h1-5H,9H2. The quantitative estimate of drug-likeness (QED) is 0.331. The van der Waals surface area contributed by atoms with Gasteiger partial charge in [-0.2, -0.15) is 13.5 Å². The minimum absolute atomic E-state index is 0.373. The Kier molecular flexibility index (Phi) is 2.62. The lowest BCUT2D eigenvalue weighted by atomic mass is 10.2. The number of hydrogen-bond donors (Lipinski definition) is 1. The van der Waals surface area contributed by atoms with E-state index < -0.39 is 10.2 Å². The molecular formula is C7H7FN2O2S. The molecule has 0 aliphatic rings. The zero-order valence-corrected chi connectivity index (χ0v) is 7.33. The Morgan fingerprint density at radius 1 is 1.31 bits per heavy atom. The summed E-state index contributed by atoms with van der Waals surface area (Å²) in [4.78, 5) is -0.373. The van der Waals surface area contributed by atoms with E-state index in [-0.39, 0.29) is 4.90 Å². The van der Waals surface area contributed by atoms with Crippen LogP contribution in [-0.4, -0.2) is 14.6 Å². The van der Waals surface area contributed by atoms with Crippen molar-refractivity contribution in [1.29, 1.82) is 0 Å². The molecule has 0 unspecified atom stereocenters. The van der Waals surface area contributed by atoms with Gasteiger partial charge >= 0.3 is 10.2 Å². The monoisotopic (exact) mass is 202 g/mol. The average Bonchev–Trinajstić information content (AvgIpc) is 2.04. The van der Waals surface area contributed by atoms with Crippen molar-refractivity contribution in [2.75, 3.05) is 0 Å². The lowest BCUT2D eigenvalue weighted by Crippen LogP contribution is -1.92. The Hall–Kier alpha value is -1.43. The molecule has 6 heteroatoms. The first kappa shape index (κ1) is 9.66. The summed E-state index contributed by atoms with van der Waals surface area (Å²) in [6.45, 7) is 0. The maximum Gasteiger partial charge on any atom is 0.332 e. The molecule has 1 aromatic rings. The number of nitrogens with zero attached hydrogens (tertiary/aromatic N) is 1. The van der Waals surface area contributed by atoms with Crippen LogP contribution in [-0.2, 0) is 10.2 Å². The third kappa shape index (κ3) is 2.51. The highest BCUT2D eigenvalue weighted by Crippen LogP contribution is 2.11. The summed E-state index contributed by atoms with van der Waals surface area (Å²) in [5, 5.41) is 3.23. The molecule has 0 amide bonds. The second-order valence-electron chi connectivity index (χ2n) is 2.29. The Morgan fingerprint density at radius 3 is 2.23 bits per heavy atom. The molecule has 2 N–H and O–H groups in total. The van der Waals surface area contributed by atoms with Crippen molar-refractivity contribution in [2.45, 2.75) is 4.90 Å². The van der Waals surface area contributed by atoms with Gasteiger partial charge in [0.05, 0.1) is 11.1 Å². The van der Waals surface area contributed by atoms with Gasteiger partial charge in [-0.05, 0) is 17.7 Å². The van der Waals surface area contributed by atoms with E-state index in [1.807, 2.05) is 0 Å². The lowest BCUT2D eigenvalue weighted by molar-refractivity contribution is 0.552. The number of nitrogens with two attached hydrogens (primary N) is 1. The minimum Gasteiger partial charge on any atom is -0.323 e. The summed E-state index contributed by atoms with van der Waals surface area (Å²) in [7, 11) is -4.61. The van der Waals surface area contributed by atoms with E-state index in [2.05, 4.69) is 5.10 Å². The molecule has 0 aromatic heterocycles. The fraction of sp³-hybridized carbons (Fsp3) is 0. The fourth-order valence-electron chi connectivity index (χ4n) is 0.803. The maximum atomic E-state index is 12.4. The van der Waals surface area contributed by atoms with Gasteiger partial charge in [-0.25, -0.2) is 0 Å². The number of benzene rings is 1. The van der Waals surface area contributed by atoms with E-state index in [0.717, 1.165) is 12.1 Å². The Bertz CT molecular complexity index is 411. The smallest absolute Gasteiger partial charge is 0.323 e. The van der Waals surface area contributed by atoms with Gasteiger partial charge in [-0.15, -0.1) is 3.89 Å². The van der Waals surface area contributed by atoms with Gasteiger partial charge in [0.25, 0.3) is 0 Å². The van der Waals surface area contributed by atoms with Gasteiger partial charge in [-0.3, -0.25) is 0 Å². The third-order valence-corrected chi connectivity index (χ3v) is 2.22. The predicted molar refractivity (Wildman–Crippen MR) is 46.5 cm³/mol. The van der Waals surface area contributed by atoms with Crippen LogP contribution in [0.3, 0.4) is 0 Å². The van der Waals surface area contributed by atoms with E-state index in [4.69, 9.17) is 5.84 Å². The summed E-state index contributed by atoms with van der Waals surface area (Å²) in [6.07, 6.45) is 1.33. The Balaban J connectivity index is 3.08. The van der Waals surface area contributed by atoms with Crippen molar-refractivity contribution >= 4 is 16.4 Å². The van der Waals surface area contributed by atoms with Crippen LogP contribution >= 0.6 is 0 Å². The van der Waals surface area contributed by atoms with E-state index in [0.29, 0.717) is 5.56 Å². The Labute approximate surface area is 75.1 Å². The van der Waals surface area contributed by atoms with Crippen LogP contribution in [0.15, 0.2) is 34.3 Å². The molecule has 0 radical (unpaired) electrons. The van der Waals surface area contributed by atoms with E-state index in [1.165, 1.54) is 18.3 Å². The van der Waals surface area contributed by atoms with Gasteiger partial charge in [0.15, 0.2) is 0 Å².